The molecule has 0 rings (SSSR count). The largest absolute Gasteiger partial charge is 0.549 e. The SMILES string of the molecule is CC[Si](CC)(CC)OC=CC(C)=CCC=C(C)C. The first-order valence-electron chi connectivity index (χ1n) is 7.14. The zero-order chi connectivity index (χ0) is 14.0. The Bertz CT molecular complexity index is 297. The fraction of sp³-hybridized carbons (Fsp3) is 0.625. The molecule has 0 aromatic carbocycles. The lowest BCUT2D eigenvalue weighted by Crippen LogP contribution is -2.33. The van der Waals surface area contributed by atoms with Gasteiger partial charge in [0.15, 0.2) is 0 Å². The molecule has 0 bridgehead atoms. The molecule has 2 heteroatoms. The molecule has 0 atom stereocenters. The molecule has 0 aliphatic rings. The minimum atomic E-state index is -1.46. The Balaban J connectivity index is 4.34. The molecule has 0 saturated heterocycles. The Hall–Kier alpha value is -0.763. The monoisotopic (exact) mass is 266 g/mol. The smallest absolute Gasteiger partial charge is 0.249 e. The first-order chi connectivity index (χ1) is 8.49. The lowest BCUT2D eigenvalue weighted by atomic mass is 10.2. The lowest BCUT2D eigenvalue weighted by molar-refractivity contribution is 0.457. The van der Waals surface area contributed by atoms with Gasteiger partial charge in [-0.15, -0.1) is 0 Å². The summed E-state index contributed by atoms with van der Waals surface area (Å²) in [5.41, 5.74) is 2.65. The molecule has 0 saturated carbocycles. The van der Waals surface area contributed by atoms with Crippen molar-refractivity contribution in [2.45, 2.75) is 66.1 Å². The molecule has 1 nitrogen and oxygen atoms in total. The van der Waals surface area contributed by atoms with E-state index in [0.717, 1.165) is 6.42 Å². The average Bonchev–Trinajstić information content (AvgIpc) is 2.35. The number of rotatable bonds is 8. The maximum atomic E-state index is 6.08. The van der Waals surface area contributed by atoms with E-state index < -0.39 is 8.32 Å². The first-order valence-corrected chi connectivity index (χ1v) is 9.67. The van der Waals surface area contributed by atoms with Gasteiger partial charge in [-0.3, -0.25) is 0 Å². The van der Waals surface area contributed by atoms with Crippen LogP contribution in [0.15, 0.2) is 35.6 Å². The van der Waals surface area contributed by atoms with Crippen LogP contribution in [0.3, 0.4) is 0 Å². The minimum Gasteiger partial charge on any atom is -0.549 e. The highest BCUT2D eigenvalue weighted by Crippen LogP contribution is 2.21. The van der Waals surface area contributed by atoms with Crippen LogP contribution in [0.1, 0.15) is 48.0 Å². The van der Waals surface area contributed by atoms with Crippen molar-refractivity contribution in [3.63, 3.8) is 0 Å². The Morgan fingerprint density at radius 1 is 0.944 bits per heavy atom. The van der Waals surface area contributed by atoms with Crippen molar-refractivity contribution in [2.24, 2.45) is 0 Å². The number of allylic oxidation sites excluding steroid dienone is 5. The first kappa shape index (κ1) is 17.2. The van der Waals surface area contributed by atoms with Gasteiger partial charge in [-0.2, -0.15) is 0 Å². The third-order valence-corrected chi connectivity index (χ3v) is 8.05. The standard InChI is InChI=1S/C16H30OSi/c1-7-18(8-2,9-3)17-14-13-16(6)12-10-11-15(4)5/h11-14H,7-10H2,1-6H3. The van der Waals surface area contributed by atoms with Gasteiger partial charge in [-0.1, -0.05) is 44.1 Å². The number of hydrogen-bond acceptors (Lipinski definition) is 1. The van der Waals surface area contributed by atoms with Crippen molar-refractivity contribution in [1.82, 2.24) is 0 Å². The second-order valence-corrected chi connectivity index (χ2v) is 9.85. The molecule has 0 heterocycles. The van der Waals surface area contributed by atoms with Gasteiger partial charge >= 0.3 is 0 Å². The van der Waals surface area contributed by atoms with Crippen LogP contribution in [0.5, 0.6) is 0 Å². The molecular formula is C16H30OSi. The van der Waals surface area contributed by atoms with Crippen LogP contribution in [-0.2, 0) is 4.43 Å². The van der Waals surface area contributed by atoms with Crippen molar-refractivity contribution in [1.29, 1.82) is 0 Å². The summed E-state index contributed by atoms with van der Waals surface area (Å²) in [6.45, 7) is 13.2. The van der Waals surface area contributed by atoms with Crippen molar-refractivity contribution in [2.75, 3.05) is 0 Å². The van der Waals surface area contributed by atoms with Gasteiger partial charge in [0.25, 0.3) is 0 Å². The maximum absolute atomic E-state index is 6.08. The van der Waals surface area contributed by atoms with Gasteiger partial charge in [-0.25, -0.2) is 0 Å². The van der Waals surface area contributed by atoms with Crippen molar-refractivity contribution < 1.29 is 4.43 Å². The van der Waals surface area contributed by atoms with E-state index in [1.54, 1.807) is 0 Å². The summed E-state index contributed by atoms with van der Waals surface area (Å²) in [4.78, 5) is 0. The average molecular weight is 267 g/mol. The third kappa shape index (κ3) is 6.85. The minimum absolute atomic E-state index is 1.01. The maximum Gasteiger partial charge on any atom is 0.249 e. The molecule has 0 unspecified atom stereocenters. The second-order valence-electron chi connectivity index (χ2n) is 5.13. The van der Waals surface area contributed by atoms with Gasteiger partial charge < -0.3 is 4.43 Å². The molecule has 0 radical (unpaired) electrons. The van der Waals surface area contributed by atoms with Crippen LogP contribution < -0.4 is 0 Å². The molecule has 0 aliphatic carbocycles. The second kappa shape index (κ2) is 9.20. The molecule has 18 heavy (non-hydrogen) atoms. The van der Waals surface area contributed by atoms with E-state index in [0.29, 0.717) is 0 Å². The summed E-state index contributed by atoms with van der Waals surface area (Å²) in [5.74, 6) is 0. The normalized spacial score (nSPS) is 12.9. The Kier molecular flexibility index (Phi) is 8.81. The summed E-state index contributed by atoms with van der Waals surface area (Å²) in [7, 11) is -1.46. The predicted molar refractivity (Wildman–Crippen MR) is 85.2 cm³/mol. The molecule has 0 aromatic heterocycles. The molecule has 0 aromatic rings. The van der Waals surface area contributed by atoms with Gasteiger partial charge in [-0.05, 0) is 51.4 Å². The third-order valence-electron chi connectivity index (χ3n) is 3.55. The van der Waals surface area contributed by atoms with E-state index in [-0.39, 0.29) is 0 Å². The van der Waals surface area contributed by atoms with Gasteiger partial charge in [0, 0.05) is 0 Å². The van der Waals surface area contributed by atoms with E-state index in [2.05, 4.69) is 59.8 Å². The van der Waals surface area contributed by atoms with Gasteiger partial charge in [0.2, 0.25) is 8.32 Å². The van der Waals surface area contributed by atoms with Crippen LogP contribution in [0.25, 0.3) is 0 Å². The van der Waals surface area contributed by atoms with E-state index >= 15 is 0 Å². The van der Waals surface area contributed by atoms with E-state index in [1.165, 1.54) is 29.3 Å². The van der Waals surface area contributed by atoms with Crippen LogP contribution in [0.2, 0.25) is 18.1 Å². The summed E-state index contributed by atoms with van der Waals surface area (Å²) in [6.07, 6.45) is 9.51. The molecule has 0 aliphatic heterocycles. The lowest BCUT2D eigenvalue weighted by Gasteiger charge is -2.26. The molecular weight excluding hydrogens is 236 g/mol. The Labute approximate surface area is 115 Å². The van der Waals surface area contributed by atoms with Crippen LogP contribution in [-0.4, -0.2) is 8.32 Å². The highest BCUT2D eigenvalue weighted by atomic mass is 28.4. The fourth-order valence-electron chi connectivity index (χ4n) is 1.83. The van der Waals surface area contributed by atoms with Crippen molar-refractivity contribution in [3.8, 4) is 0 Å². The highest BCUT2D eigenvalue weighted by Gasteiger charge is 2.28. The van der Waals surface area contributed by atoms with Crippen LogP contribution in [0, 0.1) is 0 Å². The van der Waals surface area contributed by atoms with E-state index in [4.69, 9.17) is 4.43 Å². The predicted octanol–water partition coefficient (Wildman–Crippen LogP) is 5.82. The molecule has 0 amide bonds. The Morgan fingerprint density at radius 2 is 1.50 bits per heavy atom. The number of hydrogen-bond donors (Lipinski definition) is 0. The quantitative estimate of drug-likeness (QED) is 0.233. The van der Waals surface area contributed by atoms with Crippen molar-refractivity contribution in [3.05, 3.63) is 35.6 Å². The van der Waals surface area contributed by atoms with Crippen LogP contribution in [0.4, 0.5) is 0 Å². The molecule has 0 fully saturated rings. The topological polar surface area (TPSA) is 9.23 Å². The highest BCUT2D eigenvalue weighted by molar-refractivity contribution is 6.73. The summed E-state index contributed by atoms with van der Waals surface area (Å²) < 4.78 is 6.08. The Morgan fingerprint density at radius 3 is 1.94 bits per heavy atom. The van der Waals surface area contributed by atoms with E-state index in [1.807, 2.05) is 6.26 Å². The van der Waals surface area contributed by atoms with Gasteiger partial charge in [0.05, 0.1) is 6.26 Å². The molecule has 0 N–H and O–H groups in total. The zero-order valence-corrected chi connectivity index (χ0v) is 14.0. The van der Waals surface area contributed by atoms with Crippen molar-refractivity contribution >= 4 is 8.32 Å². The summed E-state index contributed by atoms with van der Waals surface area (Å²) >= 11 is 0. The summed E-state index contributed by atoms with van der Waals surface area (Å²) in [5, 5.41) is 0. The van der Waals surface area contributed by atoms with Crippen LogP contribution >= 0.6 is 0 Å². The zero-order valence-electron chi connectivity index (χ0n) is 13.0. The molecule has 104 valence electrons. The summed E-state index contributed by atoms with van der Waals surface area (Å²) in [6, 6.07) is 3.60. The van der Waals surface area contributed by atoms with E-state index in [9.17, 15) is 0 Å². The van der Waals surface area contributed by atoms with Gasteiger partial charge in [0.1, 0.15) is 0 Å². The molecule has 0 spiro atoms. The fourth-order valence-corrected chi connectivity index (χ4v) is 4.19.